The second kappa shape index (κ2) is 8.37. The lowest BCUT2D eigenvalue weighted by Crippen LogP contribution is -2.56. The van der Waals surface area contributed by atoms with Crippen LogP contribution in [0.1, 0.15) is 26.3 Å². The fourth-order valence-corrected chi connectivity index (χ4v) is 2.49. The van der Waals surface area contributed by atoms with Crippen LogP contribution in [0.3, 0.4) is 0 Å². The molecule has 1 rings (SSSR count). The minimum atomic E-state index is -0.155. The van der Waals surface area contributed by atoms with Gasteiger partial charge in [-0.3, -0.25) is 4.90 Å². The van der Waals surface area contributed by atoms with E-state index in [1.165, 1.54) is 5.56 Å². The third-order valence-electron chi connectivity index (χ3n) is 4.28. The van der Waals surface area contributed by atoms with Crippen molar-refractivity contribution in [3.63, 3.8) is 0 Å². The van der Waals surface area contributed by atoms with E-state index in [4.69, 9.17) is 15.2 Å². The zero-order valence-corrected chi connectivity index (χ0v) is 14.1. The van der Waals surface area contributed by atoms with Gasteiger partial charge < -0.3 is 15.2 Å². The average molecular weight is 294 g/mol. The zero-order valence-electron chi connectivity index (χ0n) is 14.1. The number of nitrogens with zero attached hydrogens (tertiary/aromatic N) is 1. The van der Waals surface area contributed by atoms with Gasteiger partial charge in [0.25, 0.3) is 0 Å². The molecule has 0 aliphatic heterocycles. The minimum Gasteiger partial charge on any atom is -0.496 e. The summed E-state index contributed by atoms with van der Waals surface area (Å²) in [6.07, 6.45) is 0.919. The summed E-state index contributed by atoms with van der Waals surface area (Å²) in [5.41, 5.74) is 7.05. The van der Waals surface area contributed by atoms with Crippen molar-refractivity contribution in [3.8, 4) is 5.75 Å². The number of benzene rings is 1. The van der Waals surface area contributed by atoms with E-state index in [1.54, 1.807) is 7.11 Å². The van der Waals surface area contributed by atoms with Crippen LogP contribution in [0.25, 0.3) is 0 Å². The zero-order chi connectivity index (χ0) is 15.9. The van der Waals surface area contributed by atoms with E-state index in [0.717, 1.165) is 12.2 Å². The molecule has 0 saturated heterocycles. The van der Waals surface area contributed by atoms with E-state index in [0.29, 0.717) is 25.8 Å². The van der Waals surface area contributed by atoms with Crippen molar-refractivity contribution in [2.75, 3.05) is 33.9 Å². The van der Waals surface area contributed by atoms with E-state index in [1.807, 2.05) is 25.1 Å². The molecule has 0 amide bonds. The highest BCUT2D eigenvalue weighted by molar-refractivity contribution is 5.33. The summed E-state index contributed by atoms with van der Waals surface area (Å²) in [6, 6.07) is 8.51. The van der Waals surface area contributed by atoms with Crippen LogP contribution in [0.5, 0.6) is 5.75 Å². The summed E-state index contributed by atoms with van der Waals surface area (Å²) in [6.45, 7) is 8.31. The van der Waals surface area contributed by atoms with Crippen LogP contribution in [0.4, 0.5) is 0 Å². The Kier molecular flexibility index (Phi) is 7.15. The predicted molar refractivity (Wildman–Crippen MR) is 87.9 cm³/mol. The van der Waals surface area contributed by atoms with Crippen LogP contribution in [-0.2, 0) is 11.2 Å². The van der Waals surface area contributed by atoms with Gasteiger partial charge in [-0.05, 0) is 45.9 Å². The van der Waals surface area contributed by atoms with E-state index < -0.39 is 0 Å². The molecule has 2 atom stereocenters. The Morgan fingerprint density at radius 3 is 2.57 bits per heavy atom. The quantitative estimate of drug-likeness (QED) is 0.759. The highest BCUT2D eigenvalue weighted by Gasteiger charge is 2.31. The molecule has 4 heteroatoms. The first-order valence-electron chi connectivity index (χ1n) is 7.61. The maximum atomic E-state index is 5.99. The highest BCUT2D eigenvalue weighted by Crippen LogP contribution is 2.23. The number of hydrogen-bond acceptors (Lipinski definition) is 4. The molecular weight excluding hydrogens is 264 g/mol. The van der Waals surface area contributed by atoms with Crippen LogP contribution in [0.2, 0.25) is 0 Å². The van der Waals surface area contributed by atoms with Gasteiger partial charge in [-0.1, -0.05) is 18.2 Å². The van der Waals surface area contributed by atoms with Crippen molar-refractivity contribution in [2.24, 2.45) is 5.73 Å². The second-order valence-corrected chi connectivity index (χ2v) is 5.81. The topological polar surface area (TPSA) is 47.7 Å². The van der Waals surface area contributed by atoms with Gasteiger partial charge in [0, 0.05) is 19.2 Å². The third-order valence-corrected chi connectivity index (χ3v) is 4.28. The van der Waals surface area contributed by atoms with Crippen LogP contribution in [0, 0.1) is 0 Å². The molecule has 0 heterocycles. The van der Waals surface area contributed by atoms with Crippen LogP contribution >= 0.6 is 0 Å². The Morgan fingerprint density at radius 1 is 1.33 bits per heavy atom. The fraction of sp³-hybridized carbons (Fsp3) is 0.647. The molecule has 0 aromatic heterocycles. The van der Waals surface area contributed by atoms with Gasteiger partial charge in [0.15, 0.2) is 0 Å². The van der Waals surface area contributed by atoms with Crippen molar-refractivity contribution in [2.45, 2.75) is 38.8 Å². The number of ether oxygens (including phenoxy) is 2. The molecule has 0 saturated carbocycles. The standard InChI is InChI=1S/C17H30N2O2/c1-6-21-13-17(3,12-18)19(4)14(2)11-15-9-7-8-10-16(15)20-5/h7-10,14H,6,11-13,18H2,1-5H3. The smallest absolute Gasteiger partial charge is 0.122 e. The molecule has 2 N–H and O–H groups in total. The third kappa shape index (κ3) is 4.70. The van der Waals surface area contributed by atoms with E-state index in [2.05, 4.69) is 31.9 Å². The lowest BCUT2D eigenvalue weighted by Gasteiger charge is -2.41. The summed E-state index contributed by atoms with van der Waals surface area (Å²) in [7, 11) is 3.83. The SMILES string of the molecule is CCOCC(C)(CN)N(C)C(C)Cc1ccccc1OC. The van der Waals surface area contributed by atoms with Crippen LogP contribution in [-0.4, -0.2) is 50.4 Å². The van der Waals surface area contributed by atoms with E-state index >= 15 is 0 Å². The molecule has 1 aromatic rings. The molecule has 0 aliphatic rings. The van der Waals surface area contributed by atoms with Crippen LogP contribution < -0.4 is 10.5 Å². The van der Waals surface area contributed by atoms with Gasteiger partial charge in [0.05, 0.1) is 19.3 Å². The molecule has 0 fully saturated rings. The van der Waals surface area contributed by atoms with Crippen molar-refractivity contribution >= 4 is 0 Å². The first kappa shape index (κ1) is 18.0. The van der Waals surface area contributed by atoms with Gasteiger partial charge in [0.1, 0.15) is 5.75 Å². The summed E-state index contributed by atoms with van der Waals surface area (Å²) < 4.78 is 11.0. The molecular formula is C17H30N2O2. The summed E-state index contributed by atoms with van der Waals surface area (Å²) >= 11 is 0. The number of hydrogen-bond donors (Lipinski definition) is 1. The summed E-state index contributed by atoms with van der Waals surface area (Å²) in [4.78, 5) is 2.31. The monoisotopic (exact) mass is 294 g/mol. The van der Waals surface area contributed by atoms with Crippen molar-refractivity contribution in [1.29, 1.82) is 0 Å². The average Bonchev–Trinajstić information content (AvgIpc) is 2.52. The Labute approximate surface area is 129 Å². The van der Waals surface area contributed by atoms with Gasteiger partial charge in [-0.15, -0.1) is 0 Å². The number of likely N-dealkylation sites (N-methyl/N-ethyl adjacent to an activating group) is 1. The normalized spacial score (nSPS) is 15.8. The van der Waals surface area contributed by atoms with E-state index in [9.17, 15) is 0 Å². The second-order valence-electron chi connectivity index (χ2n) is 5.81. The maximum Gasteiger partial charge on any atom is 0.122 e. The van der Waals surface area contributed by atoms with Crippen molar-refractivity contribution in [1.82, 2.24) is 4.90 Å². The van der Waals surface area contributed by atoms with Crippen molar-refractivity contribution in [3.05, 3.63) is 29.8 Å². The minimum absolute atomic E-state index is 0.155. The fourth-order valence-electron chi connectivity index (χ4n) is 2.49. The molecule has 21 heavy (non-hydrogen) atoms. The molecule has 0 radical (unpaired) electrons. The Morgan fingerprint density at radius 2 is 2.00 bits per heavy atom. The molecule has 4 nitrogen and oxygen atoms in total. The first-order chi connectivity index (χ1) is 9.98. The molecule has 2 unspecified atom stereocenters. The van der Waals surface area contributed by atoms with Gasteiger partial charge in [-0.2, -0.15) is 0 Å². The van der Waals surface area contributed by atoms with Crippen LogP contribution in [0.15, 0.2) is 24.3 Å². The highest BCUT2D eigenvalue weighted by atomic mass is 16.5. The van der Waals surface area contributed by atoms with Gasteiger partial charge >= 0.3 is 0 Å². The molecule has 0 spiro atoms. The number of rotatable bonds is 9. The Bertz CT molecular complexity index is 425. The molecule has 0 bridgehead atoms. The number of para-hydroxylation sites is 1. The van der Waals surface area contributed by atoms with Gasteiger partial charge in [0.2, 0.25) is 0 Å². The predicted octanol–water partition coefficient (Wildman–Crippen LogP) is 2.31. The molecule has 1 aromatic carbocycles. The van der Waals surface area contributed by atoms with Crippen molar-refractivity contribution < 1.29 is 9.47 Å². The lowest BCUT2D eigenvalue weighted by atomic mass is 9.96. The largest absolute Gasteiger partial charge is 0.496 e. The summed E-state index contributed by atoms with van der Waals surface area (Å²) in [5, 5.41) is 0. The molecule has 120 valence electrons. The Hall–Kier alpha value is -1.10. The first-order valence-corrected chi connectivity index (χ1v) is 7.61. The Balaban J connectivity index is 2.79. The van der Waals surface area contributed by atoms with E-state index in [-0.39, 0.29) is 5.54 Å². The number of nitrogens with two attached hydrogens (primary N) is 1. The lowest BCUT2D eigenvalue weighted by molar-refractivity contribution is 0.00597. The van der Waals surface area contributed by atoms with Gasteiger partial charge in [-0.25, -0.2) is 0 Å². The summed E-state index contributed by atoms with van der Waals surface area (Å²) in [5.74, 6) is 0.942. The maximum absolute atomic E-state index is 5.99. The number of methoxy groups -OCH3 is 1. The molecule has 0 aliphatic carbocycles.